The number of nitrogens with zero attached hydrogens (tertiary/aromatic N) is 2. The summed E-state index contributed by atoms with van der Waals surface area (Å²) in [7, 11) is 0. The highest BCUT2D eigenvalue weighted by atomic mass is 16.4. The van der Waals surface area contributed by atoms with Crippen molar-refractivity contribution in [2.45, 2.75) is 13.8 Å². The van der Waals surface area contributed by atoms with Gasteiger partial charge in [0.2, 0.25) is 0 Å². The molecule has 1 aromatic heterocycles. The summed E-state index contributed by atoms with van der Waals surface area (Å²) in [5.41, 5.74) is 1.49. The SMILES string of the molecule is Cc1cc(C(=O)N(N)C(=O)O)cc(C)n1. The molecule has 0 radical (unpaired) electrons. The van der Waals surface area contributed by atoms with E-state index >= 15 is 0 Å². The molecule has 0 aromatic carbocycles. The van der Waals surface area contributed by atoms with Gasteiger partial charge in [0, 0.05) is 17.0 Å². The lowest BCUT2D eigenvalue weighted by Crippen LogP contribution is -2.41. The van der Waals surface area contributed by atoms with E-state index in [1.807, 2.05) is 0 Å². The smallest absolute Gasteiger partial charge is 0.429 e. The van der Waals surface area contributed by atoms with Crippen molar-refractivity contribution in [3.8, 4) is 0 Å². The van der Waals surface area contributed by atoms with E-state index in [4.69, 9.17) is 10.9 Å². The van der Waals surface area contributed by atoms with Gasteiger partial charge in [-0.15, -0.1) is 0 Å². The van der Waals surface area contributed by atoms with E-state index in [1.54, 1.807) is 13.8 Å². The number of carbonyl (C=O) groups excluding carboxylic acids is 1. The fourth-order valence-corrected chi connectivity index (χ4v) is 1.18. The summed E-state index contributed by atoms with van der Waals surface area (Å²) in [5, 5.41) is 8.66. The molecule has 0 bridgehead atoms. The highest BCUT2D eigenvalue weighted by molar-refractivity contribution is 6.01. The van der Waals surface area contributed by atoms with Crippen LogP contribution in [0.1, 0.15) is 21.7 Å². The van der Waals surface area contributed by atoms with Crippen LogP contribution in [0.25, 0.3) is 0 Å². The molecule has 1 aromatic rings. The third-order valence-corrected chi connectivity index (χ3v) is 1.75. The number of pyridine rings is 1. The summed E-state index contributed by atoms with van der Waals surface area (Å²) in [5.74, 6) is 4.29. The molecular formula is C9H11N3O3. The maximum absolute atomic E-state index is 11.5. The van der Waals surface area contributed by atoms with Gasteiger partial charge in [-0.3, -0.25) is 9.78 Å². The largest absolute Gasteiger partial charge is 0.464 e. The van der Waals surface area contributed by atoms with Crippen LogP contribution in [0.4, 0.5) is 4.79 Å². The summed E-state index contributed by atoms with van der Waals surface area (Å²) < 4.78 is 0. The molecule has 0 spiro atoms. The lowest BCUT2D eigenvalue weighted by Gasteiger charge is -2.10. The van der Waals surface area contributed by atoms with Gasteiger partial charge in [-0.25, -0.2) is 10.6 Å². The zero-order valence-electron chi connectivity index (χ0n) is 8.39. The van der Waals surface area contributed by atoms with Gasteiger partial charge >= 0.3 is 6.09 Å². The van der Waals surface area contributed by atoms with Gasteiger partial charge in [-0.1, -0.05) is 0 Å². The predicted octanol–water partition coefficient (Wildman–Crippen LogP) is 0.692. The molecule has 1 rings (SSSR count). The van der Waals surface area contributed by atoms with E-state index < -0.39 is 12.0 Å². The third kappa shape index (κ3) is 2.50. The van der Waals surface area contributed by atoms with Crippen molar-refractivity contribution in [1.29, 1.82) is 0 Å². The Bertz CT molecular complexity index is 397. The van der Waals surface area contributed by atoms with Gasteiger partial charge < -0.3 is 5.11 Å². The average Bonchev–Trinajstić information content (AvgIpc) is 2.13. The van der Waals surface area contributed by atoms with Crippen LogP contribution in [0.2, 0.25) is 0 Å². The molecule has 0 unspecified atom stereocenters. The van der Waals surface area contributed by atoms with Gasteiger partial charge in [0.15, 0.2) is 0 Å². The van der Waals surface area contributed by atoms with Crippen LogP contribution in [0, 0.1) is 13.8 Å². The number of carbonyl (C=O) groups is 2. The third-order valence-electron chi connectivity index (χ3n) is 1.75. The fraction of sp³-hybridized carbons (Fsp3) is 0.222. The first kappa shape index (κ1) is 11.1. The van der Waals surface area contributed by atoms with E-state index in [-0.39, 0.29) is 10.6 Å². The molecule has 0 atom stereocenters. The molecule has 6 nitrogen and oxygen atoms in total. The van der Waals surface area contributed by atoms with Gasteiger partial charge in [-0.2, -0.15) is 5.01 Å². The normalized spacial score (nSPS) is 9.80. The number of hydrogen-bond acceptors (Lipinski definition) is 4. The molecule has 0 saturated heterocycles. The zero-order valence-corrected chi connectivity index (χ0v) is 8.39. The first-order valence-electron chi connectivity index (χ1n) is 4.19. The molecule has 15 heavy (non-hydrogen) atoms. The van der Waals surface area contributed by atoms with Crippen LogP contribution in [0.3, 0.4) is 0 Å². The highest BCUT2D eigenvalue weighted by Crippen LogP contribution is 2.07. The van der Waals surface area contributed by atoms with Gasteiger partial charge in [-0.05, 0) is 26.0 Å². The lowest BCUT2D eigenvalue weighted by atomic mass is 10.2. The number of imide groups is 1. The summed E-state index contributed by atoms with van der Waals surface area (Å²) in [6.45, 7) is 3.43. The molecule has 0 aliphatic heterocycles. The Kier molecular flexibility index (Phi) is 3.01. The van der Waals surface area contributed by atoms with Crippen molar-refractivity contribution in [3.63, 3.8) is 0 Å². The first-order valence-corrected chi connectivity index (χ1v) is 4.19. The number of amides is 2. The van der Waals surface area contributed by atoms with Crippen molar-refractivity contribution >= 4 is 12.0 Å². The Morgan fingerprint density at radius 3 is 2.20 bits per heavy atom. The van der Waals surface area contributed by atoms with Crippen LogP contribution in [0.5, 0.6) is 0 Å². The average molecular weight is 209 g/mol. The van der Waals surface area contributed by atoms with Crippen LogP contribution in [-0.4, -0.2) is 27.1 Å². The number of hydrogen-bond donors (Lipinski definition) is 2. The Morgan fingerprint density at radius 2 is 1.80 bits per heavy atom. The van der Waals surface area contributed by atoms with E-state index in [9.17, 15) is 9.59 Å². The number of aryl methyl sites for hydroxylation is 2. The summed E-state index contributed by atoms with van der Waals surface area (Å²) >= 11 is 0. The van der Waals surface area contributed by atoms with E-state index in [1.165, 1.54) is 12.1 Å². The van der Waals surface area contributed by atoms with Crippen LogP contribution in [-0.2, 0) is 0 Å². The van der Waals surface area contributed by atoms with Crippen molar-refractivity contribution in [2.75, 3.05) is 0 Å². The number of carboxylic acid groups (broad SMARTS) is 1. The molecule has 1 heterocycles. The van der Waals surface area contributed by atoms with E-state index in [0.717, 1.165) is 0 Å². The van der Waals surface area contributed by atoms with E-state index in [0.29, 0.717) is 11.4 Å². The minimum Gasteiger partial charge on any atom is -0.464 e. The number of aromatic nitrogens is 1. The summed E-state index contributed by atoms with van der Waals surface area (Å²) in [4.78, 5) is 26.0. The topological polar surface area (TPSA) is 96.5 Å². The molecule has 2 amide bonds. The molecule has 3 N–H and O–H groups in total. The van der Waals surface area contributed by atoms with Crippen molar-refractivity contribution in [2.24, 2.45) is 5.84 Å². The van der Waals surface area contributed by atoms with Crippen LogP contribution >= 0.6 is 0 Å². The molecule has 80 valence electrons. The first-order chi connectivity index (χ1) is 6.91. The standard InChI is InChI=1S/C9H11N3O3/c1-5-3-7(4-6(2)11-5)8(13)12(10)9(14)15/h3-4H,10H2,1-2H3,(H,14,15). The molecule has 0 saturated carbocycles. The predicted molar refractivity (Wildman–Crippen MR) is 52.1 cm³/mol. The quantitative estimate of drug-likeness (QED) is 0.403. The molecule has 0 aliphatic rings. The fourth-order valence-electron chi connectivity index (χ4n) is 1.18. The number of hydrazine groups is 1. The highest BCUT2D eigenvalue weighted by Gasteiger charge is 2.18. The van der Waals surface area contributed by atoms with Gasteiger partial charge in [0.05, 0.1) is 0 Å². The zero-order chi connectivity index (χ0) is 11.6. The van der Waals surface area contributed by atoms with Gasteiger partial charge in [0.25, 0.3) is 5.91 Å². The maximum atomic E-state index is 11.5. The second kappa shape index (κ2) is 4.05. The second-order valence-electron chi connectivity index (χ2n) is 3.10. The Balaban J connectivity index is 3.06. The monoisotopic (exact) mass is 209 g/mol. The molecule has 0 aliphatic carbocycles. The van der Waals surface area contributed by atoms with Crippen LogP contribution in [0.15, 0.2) is 12.1 Å². The van der Waals surface area contributed by atoms with Crippen molar-refractivity contribution < 1.29 is 14.7 Å². The van der Waals surface area contributed by atoms with Crippen molar-refractivity contribution in [3.05, 3.63) is 29.1 Å². The number of nitrogens with two attached hydrogens (primary N) is 1. The lowest BCUT2D eigenvalue weighted by molar-refractivity contribution is 0.0741. The minimum atomic E-state index is -1.49. The van der Waals surface area contributed by atoms with Crippen LogP contribution < -0.4 is 5.84 Å². The number of rotatable bonds is 1. The molecule has 0 fully saturated rings. The van der Waals surface area contributed by atoms with Crippen molar-refractivity contribution in [1.82, 2.24) is 9.99 Å². The Morgan fingerprint density at radius 1 is 1.33 bits per heavy atom. The second-order valence-corrected chi connectivity index (χ2v) is 3.10. The summed E-state index contributed by atoms with van der Waals surface area (Å²) in [6, 6.07) is 2.97. The molecular weight excluding hydrogens is 198 g/mol. The van der Waals surface area contributed by atoms with Gasteiger partial charge in [0.1, 0.15) is 0 Å². The minimum absolute atomic E-state index is 0.147. The molecule has 6 heteroatoms. The Labute approximate surface area is 86.3 Å². The Hall–Kier alpha value is -1.95. The summed E-state index contributed by atoms with van der Waals surface area (Å²) in [6.07, 6.45) is -1.49. The van der Waals surface area contributed by atoms with E-state index in [2.05, 4.69) is 4.98 Å². The maximum Gasteiger partial charge on any atom is 0.429 e.